The summed E-state index contributed by atoms with van der Waals surface area (Å²) in [5, 5.41) is 0. The smallest absolute Gasteiger partial charge is 0.422 e. The molecule has 8 heteroatoms. The number of amides is 1. The average molecular weight is 479 g/mol. The molecule has 1 spiro atoms. The third kappa shape index (κ3) is 4.16. The first-order valence-electron chi connectivity index (χ1n) is 12.0. The number of fused-ring (bicyclic) bond motifs is 2. The van der Waals surface area contributed by atoms with Crippen molar-refractivity contribution in [1.29, 1.82) is 0 Å². The summed E-state index contributed by atoms with van der Waals surface area (Å²) in [5.41, 5.74) is 4.04. The molecule has 2 heterocycles. The van der Waals surface area contributed by atoms with Gasteiger partial charge in [0.05, 0.1) is 18.7 Å². The summed E-state index contributed by atoms with van der Waals surface area (Å²) in [6.07, 6.45) is 3.26. The fraction of sp³-hybridized carbons (Fsp3) is 0.444. The van der Waals surface area contributed by atoms with Gasteiger partial charge < -0.3 is 19.1 Å². The van der Waals surface area contributed by atoms with E-state index in [2.05, 4.69) is 12.1 Å². The van der Waals surface area contributed by atoms with Gasteiger partial charge in [0.1, 0.15) is 5.75 Å². The lowest BCUT2D eigenvalue weighted by Crippen LogP contribution is -2.63. The highest BCUT2D eigenvalue weighted by atomic mass is 16.8. The van der Waals surface area contributed by atoms with Gasteiger partial charge in [0.25, 0.3) is 0 Å². The van der Waals surface area contributed by atoms with Gasteiger partial charge in [-0.2, -0.15) is 0 Å². The molecule has 2 aliphatic heterocycles. The molecular formula is C27H30N2O6. The zero-order valence-corrected chi connectivity index (χ0v) is 20.3. The Hall–Kier alpha value is -3.39. The molecule has 3 aliphatic rings. The first kappa shape index (κ1) is 23.4. The summed E-state index contributed by atoms with van der Waals surface area (Å²) in [5.74, 6) is -3.59. The summed E-state index contributed by atoms with van der Waals surface area (Å²) in [4.78, 5) is 41.9. The fourth-order valence-corrected chi connectivity index (χ4v) is 5.65. The van der Waals surface area contributed by atoms with Crippen molar-refractivity contribution in [3.05, 3.63) is 59.2 Å². The third-order valence-electron chi connectivity index (χ3n) is 7.21. The van der Waals surface area contributed by atoms with Gasteiger partial charge in [-0.1, -0.05) is 24.3 Å². The summed E-state index contributed by atoms with van der Waals surface area (Å²) in [6, 6.07) is 13.6. The van der Waals surface area contributed by atoms with E-state index in [1.54, 1.807) is 7.11 Å². The number of anilines is 1. The van der Waals surface area contributed by atoms with Crippen molar-refractivity contribution in [1.82, 2.24) is 4.90 Å². The molecule has 5 rings (SSSR count). The lowest BCUT2D eigenvalue weighted by atomic mass is 9.81. The molecule has 35 heavy (non-hydrogen) atoms. The Kier molecular flexibility index (Phi) is 6.01. The molecule has 184 valence electrons. The highest BCUT2D eigenvalue weighted by Gasteiger charge is 2.62. The van der Waals surface area contributed by atoms with E-state index in [-0.39, 0.29) is 18.2 Å². The van der Waals surface area contributed by atoms with E-state index in [9.17, 15) is 14.4 Å². The number of rotatable bonds is 5. The van der Waals surface area contributed by atoms with Gasteiger partial charge in [-0.3, -0.25) is 4.79 Å². The Morgan fingerprint density at radius 1 is 1.06 bits per heavy atom. The molecule has 1 fully saturated rings. The van der Waals surface area contributed by atoms with Crippen molar-refractivity contribution < 1.29 is 28.6 Å². The van der Waals surface area contributed by atoms with Crippen molar-refractivity contribution in [3.63, 3.8) is 0 Å². The van der Waals surface area contributed by atoms with E-state index < -0.39 is 23.8 Å². The van der Waals surface area contributed by atoms with Crippen molar-refractivity contribution >= 4 is 23.5 Å². The zero-order valence-electron chi connectivity index (χ0n) is 20.3. The minimum absolute atomic E-state index is 0.120. The first-order chi connectivity index (χ1) is 16.8. The third-order valence-corrected chi connectivity index (χ3v) is 7.21. The van der Waals surface area contributed by atoms with Crippen LogP contribution in [-0.2, 0) is 43.1 Å². The van der Waals surface area contributed by atoms with E-state index >= 15 is 0 Å². The molecule has 2 unspecified atom stereocenters. The molecule has 0 bridgehead atoms. The Labute approximate surface area is 204 Å². The van der Waals surface area contributed by atoms with Gasteiger partial charge in [0, 0.05) is 13.0 Å². The lowest BCUT2D eigenvalue weighted by molar-refractivity contribution is -0.206. The van der Waals surface area contributed by atoms with Gasteiger partial charge in [-0.25, -0.2) is 14.5 Å². The van der Waals surface area contributed by atoms with Crippen LogP contribution in [0.1, 0.15) is 29.5 Å². The van der Waals surface area contributed by atoms with Gasteiger partial charge in [0.15, 0.2) is 0 Å². The second kappa shape index (κ2) is 9.00. The van der Waals surface area contributed by atoms with E-state index in [4.69, 9.17) is 14.2 Å². The van der Waals surface area contributed by atoms with Crippen molar-refractivity contribution in [3.8, 4) is 5.75 Å². The minimum Gasteiger partial charge on any atom is -0.497 e. The predicted octanol–water partition coefficient (Wildman–Crippen LogP) is 2.71. The maximum Gasteiger partial charge on any atom is 0.422 e. The van der Waals surface area contributed by atoms with Crippen molar-refractivity contribution in [2.75, 3.05) is 32.6 Å². The number of ether oxygens (including phenoxy) is 3. The maximum absolute atomic E-state index is 14.0. The Morgan fingerprint density at radius 2 is 1.80 bits per heavy atom. The molecule has 1 aliphatic carbocycles. The van der Waals surface area contributed by atoms with Crippen LogP contribution in [0.3, 0.4) is 0 Å². The largest absolute Gasteiger partial charge is 0.497 e. The number of esters is 2. The number of para-hydroxylation sites is 1. The van der Waals surface area contributed by atoms with Crippen molar-refractivity contribution in [2.45, 2.75) is 38.0 Å². The Bertz CT molecular complexity index is 1160. The molecule has 0 saturated carbocycles. The fourth-order valence-electron chi connectivity index (χ4n) is 5.65. The summed E-state index contributed by atoms with van der Waals surface area (Å²) in [7, 11) is 5.45. The molecular weight excluding hydrogens is 448 g/mol. The molecule has 0 radical (unpaired) electrons. The normalized spacial score (nSPS) is 22.5. The molecule has 8 nitrogen and oxygen atoms in total. The summed E-state index contributed by atoms with van der Waals surface area (Å²) < 4.78 is 16.6. The van der Waals surface area contributed by atoms with E-state index in [0.717, 1.165) is 30.6 Å². The quantitative estimate of drug-likeness (QED) is 0.483. The molecule has 2 aromatic carbocycles. The number of methoxy groups -OCH3 is 1. The first-order valence-corrected chi connectivity index (χ1v) is 12.0. The average Bonchev–Trinajstić information content (AvgIpc) is 3.13. The summed E-state index contributed by atoms with van der Waals surface area (Å²) >= 11 is 0. The second-order valence-electron chi connectivity index (χ2n) is 9.88. The van der Waals surface area contributed by atoms with Crippen LogP contribution in [0, 0.1) is 11.8 Å². The number of benzene rings is 2. The van der Waals surface area contributed by atoms with Crippen LogP contribution < -0.4 is 9.64 Å². The lowest BCUT2D eigenvalue weighted by Gasteiger charge is -2.47. The van der Waals surface area contributed by atoms with Gasteiger partial charge in [0.2, 0.25) is 5.91 Å². The van der Waals surface area contributed by atoms with Crippen LogP contribution in [0.5, 0.6) is 5.75 Å². The topological polar surface area (TPSA) is 85.4 Å². The van der Waals surface area contributed by atoms with Crippen LogP contribution in [0.4, 0.5) is 5.69 Å². The van der Waals surface area contributed by atoms with Crippen LogP contribution in [0.25, 0.3) is 0 Å². The standard InChI is InChI=1S/C27H30N2O6/c1-28(2)16-21-14-20-6-4-5-7-23(20)29(27(21)34-25(31)26(32)35-27)24(30)13-17-8-9-19-15-22(33-3)11-10-18(19)12-17/h4-7,10-11,15,17,21H,8-9,12-14,16H2,1-3H3. The van der Waals surface area contributed by atoms with Crippen LogP contribution >= 0.6 is 0 Å². The maximum atomic E-state index is 14.0. The van der Waals surface area contributed by atoms with E-state index in [0.29, 0.717) is 18.7 Å². The highest BCUT2D eigenvalue weighted by Crippen LogP contribution is 2.46. The summed E-state index contributed by atoms with van der Waals surface area (Å²) in [6.45, 7) is 0.470. The zero-order chi connectivity index (χ0) is 24.7. The molecule has 1 amide bonds. The molecule has 0 N–H and O–H groups in total. The van der Waals surface area contributed by atoms with Gasteiger partial charge in [-0.05, 0) is 80.6 Å². The molecule has 0 aromatic heterocycles. The second-order valence-corrected chi connectivity index (χ2v) is 9.88. The number of carbonyl (C=O) groups excluding carboxylic acids is 3. The van der Waals surface area contributed by atoms with Crippen LogP contribution in [-0.4, -0.2) is 56.4 Å². The minimum atomic E-state index is -1.77. The van der Waals surface area contributed by atoms with Gasteiger partial charge in [-0.15, -0.1) is 0 Å². The SMILES string of the molecule is COc1ccc2c(c1)CCC(CC(=O)N1c3ccccc3CC(CN(C)C)C13OC(=O)C(=O)O3)C2. The number of hydrogen-bond acceptors (Lipinski definition) is 7. The van der Waals surface area contributed by atoms with Gasteiger partial charge >= 0.3 is 17.8 Å². The monoisotopic (exact) mass is 478 g/mol. The Balaban J connectivity index is 1.47. The van der Waals surface area contributed by atoms with Crippen LogP contribution in [0.15, 0.2) is 42.5 Å². The highest BCUT2D eigenvalue weighted by molar-refractivity contribution is 6.31. The number of nitrogens with zero attached hydrogens (tertiary/aromatic N) is 2. The molecule has 1 saturated heterocycles. The molecule has 2 atom stereocenters. The van der Waals surface area contributed by atoms with E-state index in [1.165, 1.54) is 16.0 Å². The number of hydrogen-bond donors (Lipinski definition) is 0. The Morgan fingerprint density at radius 3 is 2.51 bits per heavy atom. The van der Waals surface area contributed by atoms with Crippen molar-refractivity contribution in [2.24, 2.45) is 11.8 Å². The number of aryl methyl sites for hydroxylation is 1. The molecule has 2 aromatic rings. The predicted molar refractivity (Wildman–Crippen MR) is 128 cm³/mol. The number of carbonyl (C=O) groups is 3. The van der Waals surface area contributed by atoms with E-state index in [1.807, 2.05) is 49.3 Å². The van der Waals surface area contributed by atoms with Crippen LogP contribution in [0.2, 0.25) is 0 Å².